The molecule has 6 heteroatoms. The third-order valence-corrected chi connectivity index (χ3v) is 12.6. The zero-order valence-electron chi connectivity index (χ0n) is 26.3. The van der Waals surface area contributed by atoms with Crippen LogP contribution in [0.1, 0.15) is 0 Å². The summed E-state index contributed by atoms with van der Waals surface area (Å²) >= 11 is 3.67. The first kappa shape index (κ1) is 26.8. The number of furan rings is 1. The van der Waals surface area contributed by atoms with Crippen LogP contribution in [0.3, 0.4) is 0 Å². The van der Waals surface area contributed by atoms with E-state index in [1.807, 2.05) is 34.8 Å². The fourth-order valence-electron chi connectivity index (χ4n) is 8.13. The molecule has 0 saturated carbocycles. The van der Waals surface area contributed by atoms with Gasteiger partial charge in [0.05, 0.1) is 26.8 Å². The number of benzene rings is 7. The Hall–Kier alpha value is -6.08. The highest BCUT2D eigenvalue weighted by Gasteiger charge is 2.25. The Morgan fingerprint density at radius 2 is 1.12 bits per heavy atom. The lowest BCUT2D eigenvalue weighted by molar-refractivity contribution is 0.651. The Kier molecular flexibility index (Phi) is 5.23. The number of hydrogen-bond donors (Lipinski definition) is 0. The lowest BCUT2D eigenvalue weighted by Gasteiger charge is -2.11. The molecule has 0 N–H and O–H groups in total. The van der Waals surface area contributed by atoms with Gasteiger partial charge in [-0.2, -0.15) is 4.98 Å². The molecule has 0 spiro atoms. The number of thiophene rings is 2. The molecule has 0 aliphatic rings. The molecule has 4 nitrogen and oxygen atoms in total. The molecule has 232 valence electrons. The number of fused-ring (bicyclic) bond motifs is 16. The summed E-state index contributed by atoms with van der Waals surface area (Å²) in [7, 11) is 0. The van der Waals surface area contributed by atoms with Crippen molar-refractivity contribution in [3.8, 4) is 17.2 Å². The molecule has 5 aromatic heterocycles. The Labute approximate surface area is 292 Å². The minimum atomic E-state index is 0.584. The molecule has 0 amide bonds. The van der Waals surface area contributed by atoms with E-state index in [1.54, 1.807) is 0 Å². The van der Waals surface area contributed by atoms with Gasteiger partial charge in [-0.15, -0.1) is 22.7 Å². The van der Waals surface area contributed by atoms with Crippen LogP contribution in [-0.4, -0.2) is 14.5 Å². The summed E-state index contributed by atoms with van der Waals surface area (Å²) in [5.74, 6) is 0.599. The molecule has 7 aromatic carbocycles. The SMILES string of the molecule is c1ccc2c(c1)oc1nc(-n3c4ccccc4c4c5ccccc5c5c6ccccc6sc5c43)nc(-c3ccc4sc5ccccc5c4c3)c12. The lowest BCUT2D eigenvalue weighted by atomic mass is 9.99. The van der Waals surface area contributed by atoms with E-state index in [0.717, 1.165) is 38.6 Å². The van der Waals surface area contributed by atoms with Crippen molar-refractivity contribution in [2.45, 2.75) is 0 Å². The van der Waals surface area contributed by atoms with Crippen molar-refractivity contribution >= 4 is 118 Å². The highest BCUT2D eigenvalue weighted by Crippen LogP contribution is 2.48. The van der Waals surface area contributed by atoms with Gasteiger partial charge in [0.15, 0.2) is 0 Å². The van der Waals surface area contributed by atoms with Gasteiger partial charge in [0.2, 0.25) is 11.7 Å². The normalized spacial score (nSPS) is 12.4. The second kappa shape index (κ2) is 9.76. The van der Waals surface area contributed by atoms with Crippen molar-refractivity contribution in [3.05, 3.63) is 140 Å². The smallest absolute Gasteiger partial charge is 0.238 e. The quantitative estimate of drug-likeness (QED) is 0.183. The van der Waals surface area contributed by atoms with Gasteiger partial charge in [0, 0.05) is 57.4 Å². The van der Waals surface area contributed by atoms with E-state index in [-0.39, 0.29) is 0 Å². The van der Waals surface area contributed by atoms with Crippen molar-refractivity contribution in [1.82, 2.24) is 14.5 Å². The maximum absolute atomic E-state index is 6.57. The van der Waals surface area contributed by atoms with E-state index < -0.39 is 0 Å². The predicted molar refractivity (Wildman–Crippen MR) is 212 cm³/mol. The fraction of sp³-hybridized carbons (Fsp3) is 0. The van der Waals surface area contributed by atoms with Gasteiger partial charge in [0.25, 0.3) is 0 Å². The van der Waals surface area contributed by atoms with E-state index in [4.69, 9.17) is 14.4 Å². The van der Waals surface area contributed by atoms with Crippen LogP contribution in [0.5, 0.6) is 0 Å². The largest absolute Gasteiger partial charge is 0.437 e. The molecule has 5 heterocycles. The molecule has 0 radical (unpaired) electrons. The van der Waals surface area contributed by atoms with Gasteiger partial charge < -0.3 is 4.42 Å². The van der Waals surface area contributed by atoms with Gasteiger partial charge in [-0.3, -0.25) is 4.57 Å². The molecule has 0 unspecified atom stereocenters. The van der Waals surface area contributed by atoms with Crippen LogP contribution in [0.2, 0.25) is 0 Å². The van der Waals surface area contributed by atoms with Gasteiger partial charge in [0.1, 0.15) is 5.58 Å². The van der Waals surface area contributed by atoms with Gasteiger partial charge >= 0.3 is 0 Å². The number of nitrogens with zero attached hydrogens (tertiary/aromatic N) is 3. The molecular weight excluding hydrogens is 651 g/mol. The van der Waals surface area contributed by atoms with Crippen LogP contribution < -0.4 is 0 Å². The summed E-state index contributed by atoms with van der Waals surface area (Å²) < 4.78 is 13.9. The summed E-state index contributed by atoms with van der Waals surface area (Å²) in [4.78, 5) is 10.8. The van der Waals surface area contributed by atoms with Crippen LogP contribution in [0.25, 0.3) is 112 Å². The minimum Gasteiger partial charge on any atom is -0.437 e. The molecule has 0 atom stereocenters. The molecule has 0 fully saturated rings. The number of hydrogen-bond acceptors (Lipinski definition) is 5. The number of para-hydroxylation sites is 2. The van der Waals surface area contributed by atoms with Crippen molar-refractivity contribution in [2.75, 3.05) is 0 Å². The third kappa shape index (κ3) is 3.49. The van der Waals surface area contributed by atoms with Crippen LogP contribution in [-0.2, 0) is 0 Å². The van der Waals surface area contributed by atoms with E-state index in [1.165, 1.54) is 61.9 Å². The Bertz CT molecular complexity index is 3400. The number of aromatic nitrogens is 3. The van der Waals surface area contributed by atoms with Crippen molar-refractivity contribution in [2.24, 2.45) is 0 Å². The summed E-state index contributed by atoms with van der Waals surface area (Å²) in [5, 5.41) is 11.9. The molecule has 0 aliphatic carbocycles. The van der Waals surface area contributed by atoms with Crippen LogP contribution in [0.4, 0.5) is 0 Å². The maximum Gasteiger partial charge on any atom is 0.238 e. The van der Waals surface area contributed by atoms with Crippen molar-refractivity contribution < 1.29 is 4.42 Å². The summed E-state index contributed by atoms with van der Waals surface area (Å²) in [6.45, 7) is 0. The van der Waals surface area contributed by atoms with Gasteiger partial charge in [-0.1, -0.05) is 103 Å². The average molecular weight is 674 g/mol. The summed E-state index contributed by atoms with van der Waals surface area (Å²) in [6, 6.07) is 49.8. The fourth-order valence-corrected chi connectivity index (χ4v) is 10.5. The molecule has 50 heavy (non-hydrogen) atoms. The zero-order chi connectivity index (χ0) is 32.5. The average Bonchev–Trinajstić information content (AvgIpc) is 3.93. The van der Waals surface area contributed by atoms with E-state index in [0.29, 0.717) is 11.7 Å². The topological polar surface area (TPSA) is 43.9 Å². The molecule has 0 aliphatic heterocycles. The first-order chi connectivity index (χ1) is 24.8. The first-order valence-corrected chi connectivity index (χ1v) is 18.3. The molecule has 12 aromatic rings. The van der Waals surface area contributed by atoms with Crippen molar-refractivity contribution in [1.29, 1.82) is 0 Å². The second-order valence-electron chi connectivity index (χ2n) is 12.9. The maximum atomic E-state index is 6.57. The zero-order valence-corrected chi connectivity index (χ0v) is 28.0. The van der Waals surface area contributed by atoms with Crippen molar-refractivity contribution in [3.63, 3.8) is 0 Å². The summed E-state index contributed by atoms with van der Waals surface area (Å²) in [5.41, 5.74) is 5.49. The Morgan fingerprint density at radius 3 is 1.96 bits per heavy atom. The monoisotopic (exact) mass is 673 g/mol. The van der Waals surface area contributed by atoms with E-state index >= 15 is 0 Å². The highest BCUT2D eigenvalue weighted by molar-refractivity contribution is 7.27. The van der Waals surface area contributed by atoms with Crippen LogP contribution in [0.15, 0.2) is 144 Å². The second-order valence-corrected chi connectivity index (χ2v) is 15.0. The first-order valence-electron chi connectivity index (χ1n) is 16.7. The highest BCUT2D eigenvalue weighted by atomic mass is 32.1. The van der Waals surface area contributed by atoms with Gasteiger partial charge in [-0.05, 0) is 47.2 Å². The molecule has 12 rings (SSSR count). The standard InChI is InChI=1S/C44H23N3OS2/c1-2-13-27-26(12-1)37-28-14-3-7-17-32(28)47(41(37)42-38(27)30-16-6-10-20-35(30)50-42)44-45-40(39-29-15-4-8-18-33(29)48-43(39)46-44)24-21-22-36-31(23-24)25-11-5-9-19-34(25)49-36/h1-23H. The number of rotatable bonds is 2. The molecule has 0 bridgehead atoms. The van der Waals surface area contributed by atoms with Crippen LogP contribution in [0, 0.1) is 0 Å². The third-order valence-electron chi connectivity index (χ3n) is 10.2. The minimum absolute atomic E-state index is 0.584. The molecule has 0 saturated heterocycles. The van der Waals surface area contributed by atoms with Crippen LogP contribution >= 0.6 is 22.7 Å². The lowest BCUT2D eigenvalue weighted by Crippen LogP contribution is -2.03. The van der Waals surface area contributed by atoms with E-state index in [2.05, 4.69) is 132 Å². The van der Waals surface area contributed by atoms with E-state index in [9.17, 15) is 0 Å². The summed E-state index contributed by atoms with van der Waals surface area (Å²) in [6.07, 6.45) is 0. The predicted octanol–water partition coefficient (Wildman–Crippen LogP) is 13.0. The Morgan fingerprint density at radius 1 is 0.480 bits per heavy atom. The van der Waals surface area contributed by atoms with Gasteiger partial charge in [-0.25, -0.2) is 4.98 Å². The Balaban J connectivity index is 1.27. The molecular formula is C44H23N3OS2.